The summed E-state index contributed by atoms with van der Waals surface area (Å²) in [6.45, 7) is 6.56. The highest BCUT2D eigenvalue weighted by Gasteiger charge is 1.99. The molecule has 3 nitrogen and oxygen atoms in total. The zero-order valence-electron chi connectivity index (χ0n) is 10.1. The molecular formula is C13H21NO2. The standard InChI is InChI=1S/C13H21NO2/c1-11(10-15)9-14-7-8-16-13-6-4-3-5-12(13)2/h3-6,11,14-15H,7-10H2,1-2H3/t11-/m1/s1. The zero-order chi connectivity index (χ0) is 11.8. The van der Waals surface area contributed by atoms with Crippen molar-refractivity contribution in [3.63, 3.8) is 0 Å². The first-order chi connectivity index (χ1) is 7.74. The number of aryl methyl sites for hydroxylation is 1. The van der Waals surface area contributed by atoms with Gasteiger partial charge >= 0.3 is 0 Å². The van der Waals surface area contributed by atoms with Crippen molar-refractivity contribution in [2.75, 3.05) is 26.3 Å². The molecule has 3 heteroatoms. The lowest BCUT2D eigenvalue weighted by Gasteiger charge is -2.11. The first-order valence-corrected chi connectivity index (χ1v) is 5.74. The minimum absolute atomic E-state index is 0.228. The highest BCUT2D eigenvalue weighted by molar-refractivity contribution is 5.31. The third-order valence-corrected chi connectivity index (χ3v) is 2.43. The predicted molar refractivity (Wildman–Crippen MR) is 65.8 cm³/mol. The first-order valence-electron chi connectivity index (χ1n) is 5.74. The van der Waals surface area contributed by atoms with E-state index in [1.165, 1.54) is 0 Å². The summed E-state index contributed by atoms with van der Waals surface area (Å²) in [5.74, 6) is 1.25. The molecule has 1 aromatic carbocycles. The fourth-order valence-corrected chi connectivity index (χ4v) is 1.36. The van der Waals surface area contributed by atoms with Crippen molar-refractivity contribution in [2.45, 2.75) is 13.8 Å². The molecule has 0 saturated carbocycles. The molecule has 0 aromatic heterocycles. The number of para-hydroxylation sites is 1. The second kappa shape index (κ2) is 7.25. The summed E-state index contributed by atoms with van der Waals surface area (Å²) in [6.07, 6.45) is 0. The van der Waals surface area contributed by atoms with E-state index in [9.17, 15) is 0 Å². The number of hydrogen-bond acceptors (Lipinski definition) is 3. The van der Waals surface area contributed by atoms with E-state index in [0.717, 1.165) is 24.4 Å². The Labute approximate surface area is 97.4 Å². The fourth-order valence-electron chi connectivity index (χ4n) is 1.36. The van der Waals surface area contributed by atoms with Crippen LogP contribution < -0.4 is 10.1 Å². The van der Waals surface area contributed by atoms with E-state index in [1.54, 1.807) is 0 Å². The highest BCUT2D eigenvalue weighted by atomic mass is 16.5. The zero-order valence-corrected chi connectivity index (χ0v) is 10.1. The molecule has 0 aliphatic carbocycles. The van der Waals surface area contributed by atoms with Crippen molar-refractivity contribution >= 4 is 0 Å². The number of hydrogen-bond donors (Lipinski definition) is 2. The molecule has 0 unspecified atom stereocenters. The van der Waals surface area contributed by atoms with Crippen LogP contribution in [0.4, 0.5) is 0 Å². The van der Waals surface area contributed by atoms with Crippen LogP contribution in [0.2, 0.25) is 0 Å². The predicted octanol–water partition coefficient (Wildman–Crippen LogP) is 1.59. The third kappa shape index (κ3) is 4.64. The molecule has 0 aliphatic heterocycles. The van der Waals surface area contributed by atoms with E-state index in [0.29, 0.717) is 12.5 Å². The molecule has 1 aromatic rings. The molecule has 0 radical (unpaired) electrons. The molecule has 90 valence electrons. The lowest BCUT2D eigenvalue weighted by atomic mass is 10.2. The van der Waals surface area contributed by atoms with E-state index >= 15 is 0 Å². The quantitative estimate of drug-likeness (QED) is 0.690. The monoisotopic (exact) mass is 223 g/mol. The smallest absolute Gasteiger partial charge is 0.122 e. The molecule has 1 atom stereocenters. The van der Waals surface area contributed by atoms with Crippen LogP contribution in [0.5, 0.6) is 5.75 Å². The van der Waals surface area contributed by atoms with Gasteiger partial charge in [-0.05, 0) is 24.5 Å². The average Bonchev–Trinajstić information content (AvgIpc) is 2.30. The largest absolute Gasteiger partial charge is 0.492 e. The molecule has 0 saturated heterocycles. The van der Waals surface area contributed by atoms with Crippen molar-refractivity contribution in [3.8, 4) is 5.75 Å². The van der Waals surface area contributed by atoms with Gasteiger partial charge in [-0.15, -0.1) is 0 Å². The Morgan fingerprint density at radius 2 is 2.12 bits per heavy atom. The van der Waals surface area contributed by atoms with Gasteiger partial charge in [0.15, 0.2) is 0 Å². The number of benzene rings is 1. The van der Waals surface area contributed by atoms with Gasteiger partial charge < -0.3 is 15.2 Å². The minimum atomic E-state index is 0.228. The summed E-state index contributed by atoms with van der Waals surface area (Å²) in [5, 5.41) is 12.1. The highest BCUT2D eigenvalue weighted by Crippen LogP contribution is 2.15. The Kier molecular flexibility index (Phi) is 5.90. The SMILES string of the molecule is Cc1ccccc1OCCNC[C@@H](C)CO. The Hall–Kier alpha value is -1.06. The minimum Gasteiger partial charge on any atom is -0.492 e. The Morgan fingerprint density at radius 1 is 1.38 bits per heavy atom. The molecular weight excluding hydrogens is 202 g/mol. The van der Waals surface area contributed by atoms with Crippen LogP contribution in [0.15, 0.2) is 24.3 Å². The molecule has 0 heterocycles. The third-order valence-electron chi connectivity index (χ3n) is 2.43. The first kappa shape index (κ1) is 13.0. The summed E-state index contributed by atoms with van der Waals surface area (Å²) < 4.78 is 5.63. The summed E-state index contributed by atoms with van der Waals surface area (Å²) in [7, 11) is 0. The molecule has 0 bridgehead atoms. The van der Waals surface area contributed by atoms with Crippen molar-refractivity contribution < 1.29 is 9.84 Å². The number of nitrogens with one attached hydrogen (secondary N) is 1. The summed E-state index contributed by atoms with van der Waals surface area (Å²) in [6, 6.07) is 8.00. The Bertz CT molecular complexity index is 302. The van der Waals surface area contributed by atoms with Crippen LogP contribution in [0.1, 0.15) is 12.5 Å². The van der Waals surface area contributed by atoms with Gasteiger partial charge in [-0.25, -0.2) is 0 Å². The topological polar surface area (TPSA) is 41.5 Å². The molecule has 16 heavy (non-hydrogen) atoms. The van der Waals surface area contributed by atoms with E-state index in [-0.39, 0.29) is 6.61 Å². The average molecular weight is 223 g/mol. The van der Waals surface area contributed by atoms with E-state index in [1.807, 2.05) is 38.1 Å². The molecule has 0 aliphatic rings. The van der Waals surface area contributed by atoms with Crippen molar-refractivity contribution in [1.82, 2.24) is 5.32 Å². The Morgan fingerprint density at radius 3 is 2.81 bits per heavy atom. The normalized spacial score (nSPS) is 12.4. The van der Waals surface area contributed by atoms with Crippen LogP contribution in [-0.4, -0.2) is 31.4 Å². The number of ether oxygens (including phenoxy) is 1. The molecule has 0 amide bonds. The van der Waals surface area contributed by atoms with Gasteiger partial charge in [0.2, 0.25) is 0 Å². The molecule has 2 N–H and O–H groups in total. The van der Waals surface area contributed by atoms with Crippen molar-refractivity contribution in [3.05, 3.63) is 29.8 Å². The van der Waals surface area contributed by atoms with Crippen LogP contribution in [0.3, 0.4) is 0 Å². The second-order valence-electron chi connectivity index (χ2n) is 4.11. The number of rotatable bonds is 7. The molecule has 0 spiro atoms. The maximum absolute atomic E-state index is 8.83. The van der Waals surface area contributed by atoms with E-state index in [4.69, 9.17) is 9.84 Å². The van der Waals surface area contributed by atoms with Crippen LogP contribution in [0, 0.1) is 12.8 Å². The summed E-state index contributed by atoms with van der Waals surface area (Å²) >= 11 is 0. The second-order valence-corrected chi connectivity index (χ2v) is 4.11. The van der Waals surface area contributed by atoms with E-state index in [2.05, 4.69) is 5.32 Å². The van der Waals surface area contributed by atoms with Gasteiger partial charge in [0, 0.05) is 19.7 Å². The summed E-state index contributed by atoms with van der Waals surface area (Å²) in [5.41, 5.74) is 1.16. The van der Waals surface area contributed by atoms with Crippen molar-refractivity contribution in [1.29, 1.82) is 0 Å². The van der Waals surface area contributed by atoms with Crippen LogP contribution in [-0.2, 0) is 0 Å². The van der Waals surface area contributed by atoms with Crippen molar-refractivity contribution in [2.24, 2.45) is 5.92 Å². The lowest BCUT2D eigenvalue weighted by molar-refractivity contribution is 0.230. The van der Waals surface area contributed by atoms with Gasteiger partial charge in [-0.1, -0.05) is 25.1 Å². The van der Waals surface area contributed by atoms with Gasteiger partial charge in [-0.2, -0.15) is 0 Å². The van der Waals surface area contributed by atoms with Gasteiger partial charge in [-0.3, -0.25) is 0 Å². The van der Waals surface area contributed by atoms with E-state index < -0.39 is 0 Å². The maximum atomic E-state index is 8.83. The van der Waals surface area contributed by atoms with Gasteiger partial charge in [0.1, 0.15) is 12.4 Å². The molecule has 1 rings (SSSR count). The lowest BCUT2D eigenvalue weighted by Crippen LogP contribution is -2.27. The van der Waals surface area contributed by atoms with Crippen LogP contribution >= 0.6 is 0 Å². The molecule has 0 fully saturated rings. The summed E-state index contributed by atoms with van der Waals surface area (Å²) in [4.78, 5) is 0. The number of aliphatic hydroxyl groups is 1. The van der Waals surface area contributed by atoms with Gasteiger partial charge in [0.25, 0.3) is 0 Å². The fraction of sp³-hybridized carbons (Fsp3) is 0.538. The van der Waals surface area contributed by atoms with Crippen LogP contribution in [0.25, 0.3) is 0 Å². The Balaban J connectivity index is 2.14. The maximum Gasteiger partial charge on any atom is 0.122 e. The van der Waals surface area contributed by atoms with Gasteiger partial charge in [0.05, 0.1) is 0 Å². The number of aliphatic hydroxyl groups excluding tert-OH is 1.